The molecule has 0 spiro atoms. The lowest BCUT2D eigenvalue weighted by atomic mass is 10.2. The van der Waals surface area contributed by atoms with E-state index in [1.54, 1.807) is 0 Å². The molecule has 2 N–H and O–H groups in total. The molecule has 0 aromatic carbocycles. The SMILES string of the molecule is CCNc1cncc(NC(C)CC)c1. The number of pyridine rings is 1. The first-order valence-corrected chi connectivity index (χ1v) is 5.21. The van der Waals surface area contributed by atoms with Gasteiger partial charge in [-0.25, -0.2) is 0 Å². The van der Waals surface area contributed by atoms with E-state index in [1.807, 2.05) is 12.4 Å². The van der Waals surface area contributed by atoms with Crippen LogP contribution < -0.4 is 10.6 Å². The highest BCUT2D eigenvalue weighted by molar-refractivity contribution is 5.54. The molecule has 0 bridgehead atoms. The number of nitrogens with zero attached hydrogens (tertiary/aromatic N) is 1. The van der Waals surface area contributed by atoms with Crippen molar-refractivity contribution in [2.24, 2.45) is 0 Å². The summed E-state index contributed by atoms with van der Waals surface area (Å²) in [5, 5.41) is 6.62. The summed E-state index contributed by atoms with van der Waals surface area (Å²) >= 11 is 0. The van der Waals surface area contributed by atoms with Crippen LogP contribution in [0, 0.1) is 0 Å². The molecule has 0 saturated carbocycles. The first-order valence-electron chi connectivity index (χ1n) is 5.21. The molecule has 0 aliphatic carbocycles. The Kier molecular flexibility index (Phi) is 4.23. The van der Waals surface area contributed by atoms with Gasteiger partial charge in [-0.15, -0.1) is 0 Å². The van der Waals surface area contributed by atoms with Gasteiger partial charge in [0.2, 0.25) is 0 Å². The highest BCUT2D eigenvalue weighted by atomic mass is 14.9. The highest BCUT2D eigenvalue weighted by Gasteiger charge is 1.99. The van der Waals surface area contributed by atoms with Gasteiger partial charge in [0.15, 0.2) is 0 Å². The minimum Gasteiger partial charge on any atom is -0.384 e. The molecule has 0 aliphatic heterocycles. The first-order chi connectivity index (χ1) is 6.76. The van der Waals surface area contributed by atoms with Crippen molar-refractivity contribution in [3.8, 4) is 0 Å². The van der Waals surface area contributed by atoms with Gasteiger partial charge in [-0.2, -0.15) is 0 Å². The predicted molar refractivity (Wildman–Crippen MR) is 61.8 cm³/mol. The predicted octanol–water partition coefficient (Wildman–Crippen LogP) is 2.72. The van der Waals surface area contributed by atoms with Crippen LogP contribution in [0.1, 0.15) is 27.2 Å². The van der Waals surface area contributed by atoms with Gasteiger partial charge in [-0.05, 0) is 26.3 Å². The second-order valence-corrected chi connectivity index (χ2v) is 3.45. The van der Waals surface area contributed by atoms with Crippen molar-refractivity contribution in [2.75, 3.05) is 17.2 Å². The van der Waals surface area contributed by atoms with Crippen molar-refractivity contribution >= 4 is 11.4 Å². The topological polar surface area (TPSA) is 37.0 Å². The molecule has 1 heterocycles. The Labute approximate surface area is 85.9 Å². The van der Waals surface area contributed by atoms with E-state index in [2.05, 4.69) is 42.5 Å². The molecule has 78 valence electrons. The van der Waals surface area contributed by atoms with E-state index in [-0.39, 0.29) is 0 Å². The molecular formula is C11H19N3. The Bertz CT molecular complexity index is 273. The van der Waals surface area contributed by atoms with E-state index in [4.69, 9.17) is 0 Å². The van der Waals surface area contributed by atoms with Gasteiger partial charge >= 0.3 is 0 Å². The molecule has 1 atom stereocenters. The van der Waals surface area contributed by atoms with Gasteiger partial charge in [0.1, 0.15) is 0 Å². The number of nitrogens with one attached hydrogen (secondary N) is 2. The molecule has 1 aromatic rings. The molecular weight excluding hydrogens is 174 g/mol. The van der Waals surface area contributed by atoms with Crippen LogP contribution in [0.5, 0.6) is 0 Å². The summed E-state index contributed by atoms with van der Waals surface area (Å²) in [7, 11) is 0. The van der Waals surface area contributed by atoms with Gasteiger partial charge in [-0.3, -0.25) is 4.98 Å². The maximum atomic E-state index is 4.17. The van der Waals surface area contributed by atoms with Crippen molar-refractivity contribution in [3.63, 3.8) is 0 Å². The standard InChI is InChI=1S/C11H19N3/c1-4-9(3)14-11-6-10(13-5-2)7-12-8-11/h6-9,13-14H,4-5H2,1-3H3. The quantitative estimate of drug-likeness (QED) is 0.755. The fraction of sp³-hybridized carbons (Fsp3) is 0.545. The van der Waals surface area contributed by atoms with E-state index in [0.29, 0.717) is 6.04 Å². The summed E-state index contributed by atoms with van der Waals surface area (Å²) in [5.74, 6) is 0. The summed E-state index contributed by atoms with van der Waals surface area (Å²) in [6, 6.07) is 2.58. The van der Waals surface area contributed by atoms with Crippen LogP contribution in [0.2, 0.25) is 0 Å². The second kappa shape index (κ2) is 5.47. The Morgan fingerprint density at radius 1 is 1.29 bits per heavy atom. The Morgan fingerprint density at radius 3 is 2.64 bits per heavy atom. The number of anilines is 2. The molecule has 0 radical (unpaired) electrons. The maximum absolute atomic E-state index is 4.17. The second-order valence-electron chi connectivity index (χ2n) is 3.45. The average Bonchev–Trinajstić information content (AvgIpc) is 2.19. The van der Waals surface area contributed by atoms with Crippen LogP contribution in [0.25, 0.3) is 0 Å². The maximum Gasteiger partial charge on any atom is 0.0549 e. The Morgan fingerprint density at radius 2 is 2.00 bits per heavy atom. The molecule has 1 aromatic heterocycles. The lowest BCUT2D eigenvalue weighted by molar-refractivity contribution is 0.763. The van der Waals surface area contributed by atoms with Crippen LogP contribution >= 0.6 is 0 Å². The lowest BCUT2D eigenvalue weighted by Crippen LogP contribution is -2.13. The fourth-order valence-electron chi connectivity index (χ4n) is 1.21. The van der Waals surface area contributed by atoms with Crippen LogP contribution in [0.4, 0.5) is 11.4 Å². The van der Waals surface area contributed by atoms with Crippen molar-refractivity contribution in [1.82, 2.24) is 4.98 Å². The number of hydrogen-bond donors (Lipinski definition) is 2. The third kappa shape index (κ3) is 3.24. The third-order valence-electron chi connectivity index (χ3n) is 2.14. The zero-order valence-corrected chi connectivity index (χ0v) is 9.17. The molecule has 0 amide bonds. The molecule has 1 unspecified atom stereocenters. The first kappa shape index (κ1) is 10.8. The molecule has 0 saturated heterocycles. The number of aromatic nitrogens is 1. The normalized spacial score (nSPS) is 12.2. The molecule has 14 heavy (non-hydrogen) atoms. The minimum absolute atomic E-state index is 0.494. The summed E-state index contributed by atoms with van der Waals surface area (Å²) in [6.07, 6.45) is 4.81. The van der Waals surface area contributed by atoms with E-state index in [1.165, 1.54) is 0 Å². The summed E-state index contributed by atoms with van der Waals surface area (Å²) < 4.78 is 0. The van der Waals surface area contributed by atoms with Crippen molar-refractivity contribution in [3.05, 3.63) is 18.5 Å². The van der Waals surface area contributed by atoms with Gasteiger partial charge in [-0.1, -0.05) is 6.92 Å². The van der Waals surface area contributed by atoms with Crippen LogP contribution in [-0.2, 0) is 0 Å². The van der Waals surface area contributed by atoms with E-state index < -0.39 is 0 Å². The van der Waals surface area contributed by atoms with Gasteiger partial charge in [0.05, 0.1) is 23.8 Å². The van der Waals surface area contributed by atoms with Crippen molar-refractivity contribution < 1.29 is 0 Å². The van der Waals surface area contributed by atoms with Crippen LogP contribution in [0.3, 0.4) is 0 Å². The molecule has 0 aliphatic rings. The van der Waals surface area contributed by atoms with Gasteiger partial charge in [0, 0.05) is 12.6 Å². The van der Waals surface area contributed by atoms with Crippen molar-refractivity contribution in [1.29, 1.82) is 0 Å². The molecule has 1 rings (SSSR count). The molecule has 0 fully saturated rings. The fourth-order valence-corrected chi connectivity index (χ4v) is 1.21. The zero-order valence-electron chi connectivity index (χ0n) is 9.17. The average molecular weight is 193 g/mol. The van der Waals surface area contributed by atoms with Crippen LogP contribution in [0.15, 0.2) is 18.5 Å². The Hall–Kier alpha value is -1.25. The number of rotatable bonds is 5. The Balaban J connectivity index is 2.63. The summed E-state index contributed by atoms with van der Waals surface area (Å²) in [4.78, 5) is 4.17. The molecule has 3 nitrogen and oxygen atoms in total. The van der Waals surface area contributed by atoms with E-state index in [9.17, 15) is 0 Å². The summed E-state index contributed by atoms with van der Waals surface area (Å²) in [5.41, 5.74) is 2.15. The van der Waals surface area contributed by atoms with E-state index in [0.717, 1.165) is 24.3 Å². The van der Waals surface area contributed by atoms with Gasteiger partial charge < -0.3 is 10.6 Å². The van der Waals surface area contributed by atoms with Gasteiger partial charge in [0.25, 0.3) is 0 Å². The largest absolute Gasteiger partial charge is 0.384 e. The van der Waals surface area contributed by atoms with Crippen LogP contribution in [-0.4, -0.2) is 17.6 Å². The van der Waals surface area contributed by atoms with E-state index >= 15 is 0 Å². The summed E-state index contributed by atoms with van der Waals surface area (Å²) in [6.45, 7) is 7.34. The third-order valence-corrected chi connectivity index (χ3v) is 2.14. The zero-order chi connectivity index (χ0) is 10.4. The number of hydrogen-bond acceptors (Lipinski definition) is 3. The lowest BCUT2D eigenvalue weighted by Gasteiger charge is -2.13. The van der Waals surface area contributed by atoms with Crippen molar-refractivity contribution in [2.45, 2.75) is 33.2 Å². The minimum atomic E-state index is 0.494. The monoisotopic (exact) mass is 193 g/mol. The molecule has 3 heteroatoms. The highest BCUT2D eigenvalue weighted by Crippen LogP contribution is 2.14. The smallest absolute Gasteiger partial charge is 0.0549 e.